The molecule has 1 rings (SSSR count). The van der Waals surface area contributed by atoms with Gasteiger partial charge in [-0.2, -0.15) is 0 Å². The Kier molecular flexibility index (Phi) is 7.60. The van der Waals surface area contributed by atoms with Gasteiger partial charge in [-0.15, -0.1) is 0 Å². The maximum absolute atomic E-state index is 3.66. The van der Waals surface area contributed by atoms with Gasteiger partial charge in [0.1, 0.15) is 0 Å². The van der Waals surface area contributed by atoms with Crippen LogP contribution in [0.5, 0.6) is 0 Å². The SMILES string of the molecule is CCCNCC(Cc1ccccc1Br)C(C)CC. The molecule has 18 heavy (non-hydrogen) atoms. The van der Waals surface area contributed by atoms with Gasteiger partial charge in [-0.3, -0.25) is 0 Å². The Labute approximate surface area is 120 Å². The third kappa shape index (κ3) is 5.11. The summed E-state index contributed by atoms with van der Waals surface area (Å²) >= 11 is 3.66. The molecule has 0 bridgehead atoms. The van der Waals surface area contributed by atoms with Gasteiger partial charge in [0, 0.05) is 4.47 Å². The molecular formula is C16H26BrN. The first-order valence-electron chi connectivity index (χ1n) is 7.13. The second-order valence-electron chi connectivity index (χ2n) is 5.15. The number of hydrogen-bond acceptors (Lipinski definition) is 1. The van der Waals surface area contributed by atoms with E-state index in [0.29, 0.717) is 0 Å². The number of rotatable bonds is 8. The zero-order valence-electron chi connectivity index (χ0n) is 11.9. The average molecular weight is 312 g/mol. The molecule has 0 saturated carbocycles. The van der Waals surface area contributed by atoms with Gasteiger partial charge >= 0.3 is 0 Å². The van der Waals surface area contributed by atoms with Gasteiger partial charge < -0.3 is 5.32 Å². The van der Waals surface area contributed by atoms with Gasteiger partial charge in [-0.1, -0.05) is 61.3 Å². The first-order valence-corrected chi connectivity index (χ1v) is 7.92. The predicted octanol–water partition coefficient (Wildman–Crippen LogP) is 4.65. The van der Waals surface area contributed by atoms with Crippen molar-refractivity contribution in [2.24, 2.45) is 11.8 Å². The molecule has 0 aliphatic heterocycles. The first-order chi connectivity index (χ1) is 8.69. The van der Waals surface area contributed by atoms with E-state index in [9.17, 15) is 0 Å². The third-order valence-corrected chi connectivity index (χ3v) is 4.50. The van der Waals surface area contributed by atoms with Crippen molar-refractivity contribution in [1.29, 1.82) is 0 Å². The lowest BCUT2D eigenvalue weighted by Gasteiger charge is -2.24. The highest BCUT2D eigenvalue weighted by Gasteiger charge is 2.17. The fourth-order valence-electron chi connectivity index (χ4n) is 2.22. The van der Waals surface area contributed by atoms with Gasteiger partial charge in [0.2, 0.25) is 0 Å². The Hall–Kier alpha value is -0.340. The number of benzene rings is 1. The predicted molar refractivity (Wildman–Crippen MR) is 84.0 cm³/mol. The highest BCUT2D eigenvalue weighted by molar-refractivity contribution is 9.10. The zero-order chi connectivity index (χ0) is 13.4. The Balaban J connectivity index is 2.63. The molecule has 0 amide bonds. The number of hydrogen-bond donors (Lipinski definition) is 1. The Morgan fingerprint density at radius 1 is 1.22 bits per heavy atom. The fraction of sp³-hybridized carbons (Fsp3) is 0.625. The molecule has 2 unspecified atom stereocenters. The van der Waals surface area contributed by atoms with Crippen LogP contribution in [0.15, 0.2) is 28.7 Å². The van der Waals surface area contributed by atoms with E-state index in [0.717, 1.165) is 31.3 Å². The normalized spacial score (nSPS) is 14.4. The molecule has 0 aliphatic rings. The molecule has 0 radical (unpaired) electrons. The minimum absolute atomic E-state index is 0.722. The topological polar surface area (TPSA) is 12.0 Å². The molecule has 0 heterocycles. The van der Waals surface area contributed by atoms with Gasteiger partial charge in [-0.25, -0.2) is 0 Å². The molecule has 1 aromatic carbocycles. The molecule has 0 spiro atoms. The van der Waals surface area contributed by atoms with Crippen molar-refractivity contribution >= 4 is 15.9 Å². The summed E-state index contributed by atoms with van der Waals surface area (Å²) in [6.07, 6.45) is 3.62. The molecule has 0 aliphatic carbocycles. The molecule has 0 aromatic heterocycles. The zero-order valence-corrected chi connectivity index (χ0v) is 13.5. The molecule has 0 saturated heterocycles. The van der Waals surface area contributed by atoms with E-state index in [1.165, 1.54) is 22.9 Å². The summed E-state index contributed by atoms with van der Waals surface area (Å²) in [4.78, 5) is 0. The van der Waals surface area contributed by atoms with Crippen LogP contribution in [-0.2, 0) is 6.42 Å². The summed E-state index contributed by atoms with van der Waals surface area (Å²) in [6, 6.07) is 8.59. The van der Waals surface area contributed by atoms with Crippen molar-refractivity contribution in [3.8, 4) is 0 Å². The standard InChI is InChI=1S/C16H26BrN/c1-4-10-18-12-15(13(3)5-2)11-14-8-6-7-9-16(14)17/h6-9,13,15,18H,4-5,10-12H2,1-3H3. The maximum atomic E-state index is 3.66. The van der Waals surface area contributed by atoms with Crippen molar-refractivity contribution in [3.05, 3.63) is 34.3 Å². The summed E-state index contributed by atoms with van der Waals surface area (Å²) in [5, 5.41) is 3.57. The first kappa shape index (κ1) is 15.7. The largest absolute Gasteiger partial charge is 0.316 e. The minimum Gasteiger partial charge on any atom is -0.316 e. The molecule has 102 valence electrons. The second-order valence-corrected chi connectivity index (χ2v) is 6.00. The molecule has 2 heteroatoms. The highest BCUT2D eigenvalue weighted by Crippen LogP contribution is 2.24. The lowest BCUT2D eigenvalue weighted by atomic mass is 9.86. The summed E-state index contributed by atoms with van der Waals surface area (Å²) < 4.78 is 1.24. The van der Waals surface area contributed by atoms with Crippen LogP contribution in [0.3, 0.4) is 0 Å². The molecule has 1 aromatic rings. The van der Waals surface area contributed by atoms with Crippen molar-refractivity contribution < 1.29 is 0 Å². The fourth-order valence-corrected chi connectivity index (χ4v) is 2.67. The van der Waals surface area contributed by atoms with Gasteiger partial charge in [0.25, 0.3) is 0 Å². The monoisotopic (exact) mass is 311 g/mol. The van der Waals surface area contributed by atoms with E-state index in [1.807, 2.05) is 0 Å². The molecular weight excluding hydrogens is 286 g/mol. The smallest absolute Gasteiger partial charge is 0.0207 e. The molecule has 0 fully saturated rings. The molecule has 1 N–H and O–H groups in total. The average Bonchev–Trinajstić information content (AvgIpc) is 2.39. The van der Waals surface area contributed by atoms with E-state index >= 15 is 0 Å². The van der Waals surface area contributed by atoms with Crippen LogP contribution in [-0.4, -0.2) is 13.1 Å². The van der Waals surface area contributed by atoms with Gasteiger partial charge in [0.15, 0.2) is 0 Å². The van der Waals surface area contributed by atoms with E-state index in [4.69, 9.17) is 0 Å². The Bertz CT molecular complexity index is 338. The number of nitrogens with one attached hydrogen (secondary N) is 1. The van der Waals surface area contributed by atoms with Crippen molar-refractivity contribution in [3.63, 3.8) is 0 Å². The van der Waals surface area contributed by atoms with E-state index in [1.54, 1.807) is 0 Å². The van der Waals surface area contributed by atoms with Crippen LogP contribution in [0.25, 0.3) is 0 Å². The lowest BCUT2D eigenvalue weighted by Crippen LogP contribution is -2.29. The van der Waals surface area contributed by atoms with Crippen LogP contribution < -0.4 is 5.32 Å². The van der Waals surface area contributed by atoms with E-state index < -0.39 is 0 Å². The van der Waals surface area contributed by atoms with Crippen LogP contribution in [0.4, 0.5) is 0 Å². The third-order valence-electron chi connectivity index (χ3n) is 3.72. The number of halogens is 1. The van der Waals surface area contributed by atoms with Crippen LogP contribution in [0.1, 0.15) is 39.2 Å². The van der Waals surface area contributed by atoms with Crippen molar-refractivity contribution in [1.82, 2.24) is 5.32 Å². The van der Waals surface area contributed by atoms with Crippen molar-refractivity contribution in [2.45, 2.75) is 40.0 Å². The lowest BCUT2D eigenvalue weighted by molar-refractivity contribution is 0.329. The summed E-state index contributed by atoms with van der Waals surface area (Å²) in [6.45, 7) is 9.14. The van der Waals surface area contributed by atoms with E-state index in [-0.39, 0.29) is 0 Å². The minimum atomic E-state index is 0.722. The van der Waals surface area contributed by atoms with Crippen LogP contribution >= 0.6 is 15.9 Å². The summed E-state index contributed by atoms with van der Waals surface area (Å²) in [5.41, 5.74) is 1.43. The van der Waals surface area contributed by atoms with Gasteiger partial charge in [0.05, 0.1) is 0 Å². The molecule has 1 nitrogen and oxygen atoms in total. The second kappa shape index (κ2) is 8.71. The van der Waals surface area contributed by atoms with Crippen molar-refractivity contribution in [2.75, 3.05) is 13.1 Å². The summed E-state index contributed by atoms with van der Waals surface area (Å²) in [7, 11) is 0. The quantitative estimate of drug-likeness (QED) is 0.689. The van der Waals surface area contributed by atoms with Crippen LogP contribution in [0.2, 0.25) is 0 Å². The summed E-state index contributed by atoms with van der Waals surface area (Å²) in [5.74, 6) is 1.49. The van der Waals surface area contributed by atoms with Gasteiger partial charge in [-0.05, 0) is 49.4 Å². The maximum Gasteiger partial charge on any atom is 0.0207 e. The molecule has 2 atom stereocenters. The Morgan fingerprint density at radius 3 is 2.56 bits per heavy atom. The Morgan fingerprint density at radius 2 is 1.94 bits per heavy atom. The van der Waals surface area contributed by atoms with Crippen LogP contribution in [0, 0.1) is 11.8 Å². The van der Waals surface area contributed by atoms with E-state index in [2.05, 4.69) is 66.3 Å². The highest BCUT2D eigenvalue weighted by atomic mass is 79.9.